The Morgan fingerprint density at radius 3 is 2.45 bits per heavy atom. The van der Waals surface area contributed by atoms with E-state index in [0.29, 0.717) is 12.1 Å². The number of pyridine rings is 1. The first-order valence-corrected chi connectivity index (χ1v) is 11.3. The fourth-order valence-electron chi connectivity index (χ4n) is 3.37. The van der Waals surface area contributed by atoms with Crippen LogP contribution in [0.25, 0.3) is 10.3 Å². The molecule has 7 heteroatoms. The van der Waals surface area contributed by atoms with Gasteiger partial charge < -0.3 is 14.7 Å². The number of anilines is 1. The number of hydrogen-bond acceptors (Lipinski definition) is 6. The van der Waals surface area contributed by atoms with E-state index in [2.05, 4.69) is 33.9 Å². The number of carbonyl (C=O) groups is 1. The second kappa shape index (κ2) is 10.2. The molecule has 166 valence electrons. The number of rotatable bonds is 7. The van der Waals surface area contributed by atoms with Gasteiger partial charge in [0.15, 0.2) is 5.13 Å². The number of aryl methyl sites for hydroxylation is 1. The van der Waals surface area contributed by atoms with Crippen LogP contribution in [-0.2, 0) is 17.8 Å². The normalized spacial score (nSPS) is 10.5. The smallest absolute Gasteiger partial charge is 0.382 e. The maximum absolute atomic E-state index is 10.7. The quantitative estimate of drug-likeness (QED) is 0.406. The van der Waals surface area contributed by atoms with Crippen molar-refractivity contribution in [3.8, 4) is 17.6 Å². The minimum absolute atomic E-state index is 0.668. The molecule has 0 radical (unpaired) electrons. The predicted octanol–water partition coefficient (Wildman–Crippen LogP) is 4.69. The Labute approximate surface area is 196 Å². The summed E-state index contributed by atoms with van der Waals surface area (Å²) in [6.45, 7) is 3.43. The van der Waals surface area contributed by atoms with Crippen molar-refractivity contribution in [2.45, 2.75) is 19.9 Å². The van der Waals surface area contributed by atoms with Crippen molar-refractivity contribution in [3.63, 3.8) is 0 Å². The fraction of sp³-hybridized carbons (Fsp3) is 0.192. The van der Waals surface area contributed by atoms with Crippen LogP contribution in [0.1, 0.15) is 22.4 Å². The number of aliphatic carboxylic acids is 1. The second-order valence-corrected chi connectivity index (χ2v) is 8.50. The molecule has 4 rings (SSSR count). The summed E-state index contributed by atoms with van der Waals surface area (Å²) in [6, 6.07) is 19.7. The zero-order valence-corrected chi connectivity index (χ0v) is 19.2. The number of fused-ring (bicyclic) bond motifs is 1. The van der Waals surface area contributed by atoms with E-state index in [0.717, 1.165) is 45.5 Å². The van der Waals surface area contributed by atoms with Gasteiger partial charge in [0.2, 0.25) is 0 Å². The minimum Gasteiger partial charge on any atom is -0.497 e. The molecule has 0 amide bonds. The standard InChI is InChI=1S/C26H23N3O3S/c1-18-3-13-23-25(27-18)33-26(28-23)29(16-15-20-8-11-22(32-2)12-9-20)17-21-6-4-19(5-7-21)10-14-24(30)31/h3-9,11-13H,15-17H2,1-2H3,(H,30,31). The largest absolute Gasteiger partial charge is 0.497 e. The van der Waals surface area contributed by atoms with E-state index in [9.17, 15) is 4.79 Å². The van der Waals surface area contributed by atoms with Crippen molar-refractivity contribution >= 4 is 32.8 Å². The van der Waals surface area contributed by atoms with Crippen molar-refractivity contribution in [2.24, 2.45) is 0 Å². The van der Waals surface area contributed by atoms with Gasteiger partial charge in [-0.05, 0) is 60.9 Å². The molecule has 1 N–H and O–H groups in total. The van der Waals surface area contributed by atoms with Crippen molar-refractivity contribution in [1.29, 1.82) is 0 Å². The third-order valence-electron chi connectivity index (χ3n) is 5.12. The number of nitrogens with zero attached hydrogens (tertiary/aromatic N) is 3. The van der Waals surface area contributed by atoms with Crippen molar-refractivity contribution in [1.82, 2.24) is 9.97 Å². The van der Waals surface area contributed by atoms with Gasteiger partial charge in [0.1, 0.15) is 16.1 Å². The number of aromatic nitrogens is 2. The summed E-state index contributed by atoms with van der Waals surface area (Å²) in [5, 5.41) is 9.66. The molecule has 0 spiro atoms. The Kier molecular flexibility index (Phi) is 6.86. The molecule has 2 aromatic heterocycles. The number of thiazole rings is 1. The number of carboxylic acid groups (broad SMARTS) is 1. The molecular weight excluding hydrogens is 434 g/mol. The molecule has 0 saturated carbocycles. The molecule has 0 bridgehead atoms. The van der Waals surface area contributed by atoms with Crippen molar-refractivity contribution in [2.75, 3.05) is 18.6 Å². The molecule has 2 heterocycles. The summed E-state index contributed by atoms with van der Waals surface area (Å²) >= 11 is 1.59. The van der Waals surface area contributed by atoms with Crippen LogP contribution < -0.4 is 9.64 Å². The highest BCUT2D eigenvalue weighted by molar-refractivity contribution is 7.21. The average molecular weight is 458 g/mol. The molecule has 4 aromatic rings. The van der Waals surface area contributed by atoms with Crippen LogP contribution in [0, 0.1) is 18.8 Å². The second-order valence-electron chi connectivity index (χ2n) is 7.55. The first kappa shape index (κ1) is 22.3. The van der Waals surface area contributed by atoms with Crippen LogP contribution in [0.3, 0.4) is 0 Å². The maximum Gasteiger partial charge on any atom is 0.382 e. The van der Waals surface area contributed by atoms with Gasteiger partial charge in [0.25, 0.3) is 0 Å². The van der Waals surface area contributed by atoms with Gasteiger partial charge in [-0.2, -0.15) is 0 Å². The topological polar surface area (TPSA) is 75.5 Å². The van der Waals surface area contributed by atoms with E-state index in [4.69, 9.17) is 14.8 Å². The first-order valence-electron chi connectivity index (χ1n) is 10.5. The van der Waals surface area contributed by atoms with Crippen LogP contribution in [0.5, 0.6) is 5.75 Å². The van der Waals surface area contributed by atoms with E-state index in [1.165, 1.54) is 5.56 Å². The summed E-state index contributed by atoms with van der Waals surface area (Å²) in [7, 11) is 1.66. The lowest BCUT2D eigenvalue weighted by Crippen LogP contribution is -2.25. The first-order chi connectivity index (χ1) is 16.0. The molecule has 6 nitrogen and oxygen atoms in total. The summed E-state index contributed by atoms with van der Waals surface area (Å²) in [5.74, 6) is 4.50. The molecule has 0 aliphatic carbocycles. The molecule has 0 aliphatic heterocycles. The zero-order valence-electron chi connectivity index (χ0n) is 18.4. The summed E-state index contributed by atoms with van der Waals surface area (Å²) in [4.78, 5) is 23.3. The Bertz CT molecular complexity index is 1320. The third kappa shape index (κ3) is 5.88. The molecule has 33 heavy (non-hydrogen) atoms. The fourth-order valence-corrected chi connectivity index (χ4v) is 4.38. The minimum atomic E-state index is -1.14. The van der Waals surface area contributed by atoms with Gasteiger partial charge in [-0.25, -0.2) is 14.8 Å². The SMILES string of the molecule is COc1ccc(CCN(Cc2ccc(C#CC(=O)O)cc2)c2nc3ccc(C)nc3s2)cc1. The van der Waals surface area contributed by atoms with Gasteiger partial charge in [-0.15, -0.1) is 0 Å². The van der Waals surface area contributed by atoms with Gasteiger partial charge >= 0.3 is 5.97 Å². The van der Waals surface area contributed by atoms with E-state index in [1.807, 2.05) is 55.5 Å². The van der Waals surface area contributed by atoms with E-state index < -0.39 is 5.97 Å². The van der Waals surface area contributed by atoms with Crippen LogP contribution >= 0.6 is 11.3 Å². The van der Waals surface area contributed by atoms with Crippen molar-refractivity contribution in [3.05, 3.63) is 83.0 Å². The number of benzene rings is 2. The lowest BCUT2D eigenvalue weighted by Gasteiger charge is -2.22. The zero-order chi connectivity index (χ0) is 23.2. The lowest BCUT2D eigenvalue weighted by atomic mass is 10.1. The van der Waals surface area contributed by atoms with Crippen LogP contribution in [0.4, 0.5) is 5.13 Å². The highest BCUT2D eigenvalue weighted by atomic mass is 32.1. The Balaban J connectivity index is 1.57. The van der Waals surface area contributed by atoms with E-state index in [1.54, 1.807) is 18.4 Å². The van der Waals surface area contributed by atoms with E-state index >= 15 is 0 Å². The molecule has 0 fully saturated rings. The lowest BCUT2D eigenvalue weighted by molar-refractivity contribution is -0.130. The van der Waals surface area contributed by atoms with Gasteiger partial charge in [0, 0.05) is 30.3 Å². The molecule has 0 unspecified atom stereocenters. The predicted molar refractivity (Wildman–Crippen MR) is 131 cm³/mol. The monoisotopic (exact) mass is 457 g/mol. The molecular formula is C26H23N3O3S. The molecule has 0 saturated heterocycles. The van der Waals surface area contributed by atoms with Gasteiger partial charge in [-0.1, -0.05) is 41.5 Å². The van der Waals surface area contributed by atoms with Gasteiger partial charge in [-0.3, -0.25) is 0 Å². The molecule has 0 atom stereocenters. The highest BCUT2D eigenvalue weighted by Gasteiger charge is 2.14. The van der Waals surface area contributed by atoms with E-state index in [-0.39, 0.29) is 0 Å². The Morgan fingerprint density at radius 1 is 1.03 bits per heavy atom. The Morgan fingerprint density at radius 2 is 1.76 bits per heavy atom. The number of carboxylic acids is 1. The number of ether oxygens (including phenoxy) is 1. The number of hydrogen-bond donors (Lipinski definition) is 1. The molecule has 0 aliphatic rings. The maximum atomic E-state index is 10.7. The summed E-state index contributed by atoms with van der Waals surface area (Å²) in [6.07, 6.45) is 0.856. The van der Waals surface area contributed by atoms with Gasteiger partial charge in [0.05, 0.1) is 7.11 Å². The van der Waals surface area contributed by atoms with Crippen LogP contribution in [0.15, 0.2) is 60.7 Å². The average Bonchev–Trinajstić information content (AvgIpc) is 3.24. The summed E-state index contributed by atoms with van der Waals surface area (Å²) < 4.78 is 5.26. The van der Waals surface area contributed by atoms with Crippen molar-refractivity contribution < 1.29 is 14.6 Å². The third-order valence-corrected chi connectivity index (χ3v) is 6.15. The summed E-state index contributed by atoms with van der Waals surface area (Å²) in [5.41, 5.74) is 4.85. The Hall–Kier alpha value is -3.89. The highest BCUT2D eigenvalue weighted by Crippen LogP contribution is 2.29. The molecule has 2 aromatic carbocycles. The van der Waals surface area contributed by atoms with Crippen LogP contribution in [-0.4, -0.2) is 34.7 Å². The van der Waals surface area contributed by atoms with Crippen LogP contribution in [0.2, 0.25) is 0 Å². The number of methoxy groups -OCH3 is 1.